The minimum atomic E-state index is -3.13. The number of likely N-dealkylation sites (tertiary alicyclic amines) is 1. The second-order valence-corrected chi connectivity index (χ2v) is 9.11. The number of likely N-dealkylation sites (N-methyl/N-ethyl adjacent to an activating group) is 1. The summed E-state index contributed by atoms with van der Waals surface area (Å²) in [5, 5.41) is 2.74. The van der Waals surface area contributed by atoms with Crippen molar-refractivity contribution in [3.63, 3.8) is 0 Å². The van der Waals surface area contributed by atoms with Gasteiger partial charge in [-0.25, -0.2) is 4.39 Å². The average Bonchev–Trinajstić information content (AvgIpc) is 3.24. The van der Waals surface area contributed by atoms with Crippen molar-refractivity contribution in [2.45, 2.75) is 62.8 Å². The number of nitrogens with two attached hydrogens (primary N) is 2. The van der Waals surface area contributed by atoms with E-state index in [4.69, 9.17) is 15.6 Å². The van der Waals surface area contributed by atoms with Crippen LogP contribution in [0.5, 0.6) is 0 Å². The number of para-hydroxylation sites is 1. The third-order valence-corrected chi connectivity index (χ3v) is 6.00. The number of amides is 4. The van der Waals surface area contributed by atoms with Gasteiger partial charge < -0.3 is 26.6 Å². The highest BCUT2D eigenvalue weighted by atomic mass is 35.5. The summed E-state index contributed by atoms with van der Waals surface area (Å²) < 4.78 is 38.4. The highest BCUT2D eigenvalue weighted by Gasteiger charge is 2.58. The molecule has 1 aromatic rings. The van der Waals surface area contributed by atoms with Crippen molar-refractivity contribution in [3.8, 4) is 0 Å². The maximum atomic E-state index is 14.8. The maximum absolute atomic E-state index is 14.8. The first-order valence-corrected chi connectivity index (χ1v) is 10.3. The molecule has 1 fully saturated rings. The molecule has 1 spiro atoms. The first kappa shape index (κ1) is 22.1. The molecule has 2 aliphatic rings. The van der Waals surface area contributed by atoms with Crippen molar-refractivity contribution in [1.29, 1.82) is 0 Å². The zero-order valence-corrected chi connectivity index (χ0v) is 19.4. The third kappa shape index (κ3) is 4.81. The fraction of sp³-hybridized carbons (Fsp3) is 0.545. The van der Waals surface area contributed by atoms with Crippen LogP contribution in [0.25, 0.3) is 0 Å². The van der Waals surface area contributed by atoms with Crippen molar-refractivity contribution in [3.05, 3.63) is 29.8 Å². The molecule has 11 heteroatoms. The Morgan fingerprint density at radius 2 is 2.03 bits per heavy atom. The molecule has 2 heterocycles. The van der Waals surface area contributed by atoms with E-state index in [1.54, 1.807) is 24.3 Å². The number of carbonyl (C=O) groups excluding carboxylic acids is 4. The molecule has 0 unspecified atom stereocenters. The van der Waals surface area contributed by atoms with E-state index in [9.17, 15) is 23.6 Å². The van der Waals surface area contributed by atoms with Gasteiger partial charge in [-0.3, -0.25) is 19.2 Å². The number of nitrogens with one attached hydrogen (secondary N) is 1. The molecule has 5 N–H and O–H groups in total. The molecule has 0 radical (unpaired) electrons. The average molecular weight is 487 g/mol. The van der Waals surface area contributed by atoms with Gasteiger partial charge in [0.2, 0.25) is 23.6 Å². The normalized spacial score (nSPS) is 25.1. The van der Waals surface area contributed by atoms with E-state index >= 15 is 0 Å². The molecule has 4 amide bonds. The Bertz CT molecular complexity index is 1060. The van der Waals surface area contributed by atoms with Crippen LogP contribution >= 0.6 is 12.4 Å². The zero-order valence-electron chi connectivity index (χ0n) is 21.6. The van der Waals surface area contributed by atoms with E-state index in [0.717, 1.165) is 18.7 Å². The molecule has 9 nitrogen and oxygen atoms in total. The molecule has 0 aromatic heterocycles. The van der Waals surface area contributed by atoms with Gasteiger partial charge in [0, 0.05) is 29.7 Å². The number of anilines is 1. The Balaban J connectivity index is 0.00000456. The molecule has 2 aliphatic heterocycles. The molecule has 0 aliphatic carbocycles. The van der Waals surface area contributed by atoms with E-state index in [1.165, 1.54) is 6.92 Å². The fourth-order valence-electron chi connectivity index (χ4n) is 4.44. The van der Waals surface area contributed by atoms with Crippen LogP contribution in [0.2, 0.25) is 0 Å². The Morgan fingerprint density at radius 1 is 1.39 bits per heavy atom. The van der Waals surface area contributed by atoms with E-state index < -0.39 is 66.2 Å². The van der Waals surface area contributed by atoms with E-state index in [0.29, 0.717) is 16.2 Å². The minimum Gasteiger partial charge on any atom is -0.368 e. The van der Waals surface area contributed by atoms with E-state index in [-0.39, 0.29) is 25.4 Å². The van der Waals surface area contributed by atoms with Gasteiger partial charge in [-0.15, -0.1) is 12.4 Å². The molecule has 1 saturated heterocycles. The summed E-state index contributed by atoms with van der Waals surface area (Å²) >= 11 is 0. The van der Waals surface area contributed by atoms with Crippen LogP contribution in [-0.2, 0) is 24.6 Å². The SMILES string of the molecule is Cl.[2H]C([2H])([2H])N(C(=O)[C@H](C)N)[C@@H](CC(C)(C)F)C(=O)N1C[C@]2(C[C@H]1C(N)=O)C(=O)Nc1ccccc12. The largest absolute Gasteiger partial charge is 0.368 e. The van der Waals surface area contributed by atoms with Crippen LogP contribution in [0.3, 0.4) is 0 Å². The lowest BCUT2D eigenvalue weighted by molar-refractivity contribution is -0.148. The van der Waals surface area contributed by atoms with Crippen molar-refractivity contribution >= 4 is 41.7 Å². The maximum Gasteiger partial charge on any atom is 0.246 e. The highest BCUT2D eigenvalue weighted by Crippen LogP contribution is 2.46. The lowest BCUT2D eigenvalue weighted by Crippen LogP contribution is -2.56. The van der Waals surface area contributed by atoms with Gasteiger partial charge in [-0.2, -0.15) is 0 Å². The minimum absolute atomic E-state index is 0. The first-order chi connectivity index (χ1) is 16.0. The summed E-state index contributed by atoms with van der Waals surface area (Å²) in [4.78, 5) is 53.4. The van der Waals surface area contributed by atoms with Crippen molar-refractivity contribution < 1.29 is 27.7 Å². The number of rotatable bonds is 6. The second kappa shape index (κ2) is 9.26. The van der Waals surface area contributed by atoms with Gasteiger partial charge in [-0.1, -0.05) is 18.2 Å². The van der Waals surface area contributed by atoms with Crippen LogP contribution in [0.1, 0.15) is 43.3 Å². The van der Waals surface area contributed by atoms with Crippen LogP contribution in [0.4, 0.5) is 10.1 Å². The predicted molar refractivity (Wildman–Crippen MR) is 123 cm³/mol. The number of hydrogen-bond donors (Lipinski definition) is 3. The van der Waals surface area contributed by atoms with E-state index in [1.807, 2.05) is 0 Å². The van der Waals surface area contributed by atoms with Gasteiger partial charge in [-0.05, 0) is 38.8 Å². The highest BCUT2D eigenvalue weighted by molar-refractivity contribution is 6.08. The van der Waals surface area contributed by atoms with Gasteiger partial charge in [0.05, 0.1) is 11.5 Å². The lowest BCUT2D eigenvalue weighted by atomic mass is 9.79. The molecule has 1 aromatic carbocycles. The van der Waals surface area contributed by atoms with Crippen LogP contribution in [0, 0.1) is 0 Å². The Labute approximate surface area is 202 Å². The van der Waals surface area contributed by atoms with Crippen LogP contribution in [-0.4, -0.2) is 70.7 Å². The number of alkyl halides is 1. The molecular weight excluding hydrogens is 453 g/mol. The Hall–Kier alpha value is -2.72. The topological polar surface area (TPSA) is 139 Å². The summed E-state index contributed by atoms with van der Waals surface area (Å²) in [5.74, 6) is -3.44. The van der Waals surface area contributed by atoms with Gasteiger partial charge >= 0.3 is 0 Å². The number of benzene rings is 1. The molecule has 182 valence electrons. The number of primary amides is 1. The summed E-state index contributed by atoms with van der Waals surface area (Å²) in [7, 11) is 0. The fourth-order valence-corrected chi connectivity index (χ4v) is 4.44. The molecule has 0 bridgehead atoms. The van der Waals surface area contributed by atoms with Gasteiger partial charge in [0.1, 0.15) is 17.8 Å². The number of fused-ring (bicyclic) bond motifs is 2. The molecular formula is C22H31ClFN5O4. The molecule has 3 rings (SSSR count). The first-order valence-electron chi connectivity index (χ1n) is 11.8. The standard InChI is InChI=1S/C22H30FN5O4.ClH/c1-12(24)18(30)27(4)16(9-21(2,3)23)19(31)28-11-22(10-15(28)17(25)29)13-7-5-6-8-14(13)26-20(22)32;/h5-8,12,15-16H,9-11,24H2,1-4H3,(H2,25,29)(H,26,32);1H/t12-,15-,16-,22-;/m0./s1/i4D3;. The summed E-state index contributed by atoms with van der Waals surface area (Å²) in [6.45, 7) is 0.0953. The molecule has 4 atom stereocenters. The number of hydrogen-bond acceptors (Lipinski definition) is 5. The van der Waals surface area contributed by atoms with Gasteiger partial charge in [0.15, 0.2) is 0 Å². The van der Waals surface area contributed by atoms with E-state index in [2.05, 4.69) is 5.32 Å². The third-order valence-electron chi connectivity index (χ3n) is 6.00. The van der Waals surface area contributed by atoms with Crippen LogP contribution < -0.4 is 16.8 Å². The number of halogens is 2. The van der Waals surface area contributed by atoms with Crippen LogP contribution in [0.15, 0.2) is 24.3 Å². The summed E-state index contributed by atoms with van der Waals surface area (Å²) in [6.07, 6.45) is -0.821. The van der Waals surface area contributed by atoms with Crippen molar-refractivity contribution in [2.75, 3.05) is 18.8 Å². The smallest absolute Gasteiger partial charge is 0.246 e. The Morgan fingerprint density at radius 3 is 2.58 bits per heavy atom. The molecule has 0 saturated carbocycles. The van der Waals surface area contributed by atoms with Crippen molar-refractivity contribution in [1.82, 2.24) is 9.80 Å². The Kier molecular flexibility index (Phi) is 6.20. The monoisotopic (exact) mass is 486 g/mol. The summed E-state index contributed by atoms with van der Waals surface area (Å²) in [5.41, 5.74) is 8.94. The lowest BCUT2D eigenvalue weighted by Gasteiger charge is -2.35. The predicted octanol–water partition coefficient (Wildman–Crippen LogP) is 0.697. The number of carbonyl (C=O) groups is 4. The molecule has 33 heavy (non-hydrogen) atoms. The quantitative estimate of drug-likeness (QED) is 0.543. The second-order valence-electron chi connectivity index (χ2n) is 9.11. The zero-order chi connectivity index (χ0) is 26.5. The van der Waals surface area contributed by atoms with Crippen molar-refractivity contribution in [2.24, 2.45) is 11.5 Å². The summed E-state index contributed by atoms with van der Waals surface area (Å²) in [6, 6.07) is 2.39. The number of nitrogens with zero attached hydrogens (tertiary/aromatic N) is 2. The van der Waals surface area contributed by atoms with Gasteiger partial charge in [0.25, 0.3) is 0 Å².